The molecule has 2 saturated heterocycles. The van der Waals surface area contributed by atoms with Crippen LogP contribution < -0.4 is 0 Å². The Balaban J connectivity index is 0.000000924. The number of fused-ring (bicyclic) bond motifs is 4. The Kier molecular flexibility index (Phi) is 9.70. The van der Waals surface area contributed by atoms with Crippen molar-refractivity contribution in [1.82, 2.24) is 4.90 Å². The highest BCUT2D eigenvalue weighted by molar-refractivity contribution is 7.59. The van der Waals surface area contributed by atoms with Gasteiger partial charge >= 0.3 is 0 Å². The van der Waals surface area contributed by atoms with Crippen molar-refractivity contribution < 1.29 is 34.0 Å². The minimum absolute atomic E-state index is 0. The quantitative estimate of drug-likeness (QED) is 0.413. The van der Waals surface area contributed by atoms with Gasteiger partial charge in [-0.2, -0.15) is 13.5 Å². The molecular formula is C35H61NO7S. The van der Waals surface area contributed by atoms with E-state index < -0.39 is 11.7 Å². The first-order valence-electron chi connectivity index (χ1n) is 17.2. The molecule has 254 valence electrons. The molecule has 0 bridgehead atoms. The number of aliphatic hydroxyl groups excluding tert-OH is 1. The summed E-state index contributed by atoms with van der Waals surface area (Å²) in [5.74, 6) is 2.74. The van der Waals surface area contributed by atoms with E-state index in [1.54, 1.807) is 33.0 Å². The number of hydrogen-bond donors (Lipinski definition) is 2. The summed E-state index contributed by atoms with van der Waals surface area (Å²) in [5.41, 5.74) is 0.227. The molecule has 9 unspecified atom stereocenters. The van der Waals surface area contributed by atoms with Crippen LogP contribution in [0.15, 0.2) is 0 Å². The van der Waals surface area contributed by atoms with E-state index in [2.05, 4.69) is 25.5 Å². The Labute approximate surface area is 272 Å². The van der Waals surface area contributed by atoms with E-state index in [4.69, 9.17) is 14.2 Å². The van der Waals surface area contributed by atoms with Gasteiger partial charge in [0.1, 0.15) is 6.10 Å². The third-order valence-corrected chi connectivity index (χ3v) is 14.2. The van der Waals surface area contributed by atoms with Gasteiger partial charge in [-0.1, -0.05) is 20.8 Å². The van der Waals surface area contributed by atoms with E-state index >= 15 is 0 Å². The smallest absolute Gasteiger partial charge is 0.209 e. The lowest BCUT2D eigenvalue weighted by molar-refractivity contribution is -0.243. The van der Waals surface area contributed by atoms with Crippen LogP contribution in [-0.4, -0.2) is 91.7 Å². The summed E-state index contributed by atoms with van der Waals surface area (Å²) < 4.78 is 23.5. The summed E-state index contributed by atoms with van der Waals surface area (Å²) in [4.78, 5) is 13.1. The summed E-state index contributed by atoms with van der Waals surface area (Å²) in [6.45, 7) is 12.6. The van der Waals surface area contributed by atoms with E-state index in [0.717, 1.165) is 38.0 Å². The predicted molar refractivity (Wildman–Crippen MR) is 173 cm³/mol. The molecule has 7 fully saturated rings. The van der Waals surface area contributed by atoms with Crippen LogP contribution in [0, 0.1) is 45.3 Å². The second kappa shape index (κ2) is 12.2. The Bertz CT molecular complexity index is 1040. The second-order valence-corrected chi connectivity index (χ2v) is 16.9. The fourth-order valence-corrected chi connectivity index (χ4v) is 12.2. The molecule has 9 heteroatoms. The second-order valence-electron chi connectivity index (χ2n) is 16.9. The van der Waals surface area contributed by atoms with E-state index in [-0.39, 0.29) is 43.5 Å². The zero-order valence-corrected chi connectivity index (χ0v) is 29.3. The largest absolute Gasteiger partial charge is 0.388 e. The molecule has 2 N–H and O–H groups in total. The SMILES string of the molecule is CC12CC[C@@]34CC35CC[C@H](OC3CN(C=O)CCO3)C(C)(C)C5CCC4C1CC1OC([C@H](O)C(C)(C)O)CCC12.COC.S. The molecular weight excluding hydrogens is 578 g/mol. The van der Waals surface area contributed by atoms with E-state index in [1.165, 1.54) is 38.5 Å². The topological polar surface area (TPSA) is 97.7 Å². The summed E-state index contributed by atoms with van der Waals surface area (Å²) in [6.07, 6.45) is 12.0. The third kappa shape index (κ3) is 5.31. The van der Waals surface area contributed by atoms with Crippen LogP contribution in [0.5, 0.6) is 0 Å². The van der Waals surface area contributed by atoms with Crippen molar-refractivity contribution >= 4 is 19.9 Å². The lowest BCUT2D eigenvalue weighted by Gasteiger charge is -2.60. The van der Waals surface area contributed by atoms with Crippen molar-refractivity contribution in [2.24, 2.45) is 45.3 Å². The van der Waals surface area contributed by atoms with Crippen molar-refractivity contribution in [2.75, 3.05) is 33.9 Å². The Hall–Kier alpha value is -0.420. The van der Waals surface area contributed by atoms with Crippen LogP contribution in [0.4, 0.5) is 0 Å². The first-order valence-corrected chi connectivity index (χ1v) is 17.2. The number of methoxy groups -OCH3 is 1. The number of carbonyl (C=O) groups excluding carboxylic acids is 1. The van der Waals surface area contributed by atoms with Gasteiger partial charge in [0.2, 0.25) is 6.41 Å². The summed E-state index contributed by atoms with van der Waals surface area (Å²) >= 11 is 0. The van der Waals surface area contributed by atoms with Gasteiger partial charge in [-0.05, 0) is 123 Å². The monoisotopic (exact) mass is 639 g/mol. The lowest BCUT2D eigenvalue weighted by Crippen LogP contribution is -2.56. The maximum atomic E-state index is 11.3. The average molecular weight is 640 g/mol. The van der Waals surface area contributed by atoms with Crippen LogP contribution >= 0.6 is 13.5 Å². The molecule has 5 aliphatic carbocycles. The highest BCUT2D eigenvalue weighted by atomic mass is 32.1. The Morgan fingerprint density at radius 2 is 1.68 bits per heavy atom. The fraction of sp³-hybridized carbons (Fsp3) is 0.971. The molecule has 8 nitrogen and oxygen atoms in total. The Morgan fingerprint density at radius 1 is 0.977 bits per heavy atom. The maximum Gasteiger partial charge on any atom is 0.209 e. The van der Waals surface area contributed by atoms with Gasteiger partial charge in [0.05, 0.1) is 37.1 Å². The van der Waals surface area contributed by atoms with Gasteiger partial charge in [-0.3, -0.25) is 4.79 Å². The number of morpholine rings is 1. The summed E-state index contributed by atoms with van der Waals surface area (Å²) in [7, 11) is 3.25. The number of carbonyl (C=O) groups is 1. The number of nitrogens with zero attached hydrogens (tertiary/aromatic N) is 1. The first kappa shape index (κ1) is 34.9. The van der Waals surface area contributed by atoms with Gasteiger partial charge in [-0.25, -0.2) is 0 Å². The molecule has 7 rings (SSSR count). The third-order valence-electron chi connectivity index (χ3n) is 14.2. The van der Waals surface area contributed by atoms with E-state index in [0.29, 0.717) is 53.7 Å². The summed E-state index contributed by atoms with van der Waals surface area (Å²) in [6, 6.07) is 0. The van der Waals surface area contributed by atoms with Crippen LogP contribution in [0.1, 0.15) is 98.8 Å². The normalized spacial score (nSPS) is 47.6. The molecule has 0 aromatic heterocycles. The minimum Gasteiger partial charge on any atom is -0.388 e. The minimum atomic E-state index is -1.14. The number of rotatable bonds is 5. The average Bonchev–Trinajstić information content (AvgIpc) is 3.54. The molecule has 0 aromatic rings. The number of amides is 1. The maximum absolute atomic E-state index is 11.3. The molecule has 0 aromatic carbocycles. The van der Waals surface area contributed by atoms with Crippen molar-refractivity contribution in [3.8, 4) is 0 Å². The zero-order valence-electron chi connectivity index (χ0n) is 28.3. The van der Waals surface area contributed by atoms with Crippen molar-refractivity contribution in [3.63, 3.8) is 0 Å². The van der Waals surface area contributed by atoms with Gasteiger partial charge in [0, 0.05) is 20.8 Å². The Morgan fingerprint density at radius 3 is 2.36 bits per heavy atom. The molecule has 2 spiro atoms. The highest BCUT2D eigenvalue weighted by Gasteiger charge is 2.80. The van der Waals surface area contributed by atoms with Gasteiger partial charge < -0.3 is 34.1 Å². The van der Waals surface area contributed by atoms with Gasteiger partial charge in [-0.15, -0.1) is 0 Å². The van der Waals surface area contributed by atoms with Crippen LogP contribution in [-0.2, 0) is 23.7 Å². The molecule has 2 aliphatic heterocycles. The van der Waals surface area contributed by atoms with Crippen molar-refractivity contribution in [1.29, 1.82) is 0 Å². The predicted octanol–water partition coefficient (Wildman–Crippen LogP) is 4.90. The molecule has 1 amide bonds. The van der Waals surface area contributed by atoms with Gasteiger partial charge in [0.15, 0.2) is 6.29 Å². The highest BCUT2D eigenvalue weighted by Crippen LogP contribution is 2.87. The number of hydrogen-bond acceptors (Lipinski definition) is 7. The van der Waals surface area contributed by atoms with Crippen molar-refractivity contribution in [2.45, 2.75) is 135 Å². The standard InChI is InChI=1S/C33H53NO6.C2H6O.H2S/c1-29(2)25-9-7-20-22-16-24-21(6-8-23(39-24)28(36)30(3,4)37)31(22,5)12-13-32(20)18-33(25,32)11-10-26(29)40-27-17-34(19-35)14-15-38-27;1-3-2;/h19-28,36-37H,6-18H2,1-5H3;1-2H3;1H2/t20?,21?,22?,23?,24?,25?,26-,27?,28-,31?,32-,33?;;/m0../s1. The van der Waals surface area contributed by atoms with Crippen LogP contribution in [0.3, 0.4) is 0 Å². The van der Waals surface area contributed by atoms with Crippen LogP contribution in [0.2, 0.25) is 0 Å². The fourth-order valence-electron chi connectivity index (χ4n) is 12.2. The molecule has 5 saturated carbocycles. The molecule has 2 heterocycles. The van der Waals surface area contributed by atoms with Crippen LogP contribution in [0.25, 0.3) is 0 Å². The number of aliphatic hydroxyl groups is 2. The van der Waals surface area contributed by atoms with E-state index in [1.807, 2.05) is 0 Å². The molecule has 0 radical (unpaired) electrons. The lowest BCUT2D eigenvalue weighted by atomic mass is 9.46. The first-order chi connectivity index (χ1) is 20.3. The molecule has 7 aliphatic rings. The molecule has 44 heavy (non-hydrogen) atoms. The van der Waals surface area contributed by atoms with Crippen molar-refractivity contribution in [3.05, 3.63) is 0 Å². The summed E-state index contributed by atoms with van der Waals surface area (Å²) in [5, 5.41) is 21.3. The van der Waals surface area contributed by atoms with Gasteiger partial charge in [0.25, 0.3) is 0 Å². The number of ether oxygens (including phenoxy) is 4. The zero-order chi connectivity index (χ0) is 31.0. The van der Waals surface area contributed by atoms with E-state index in [9.17, 15) is 15.0 Å². The molecule has 12 atom stereocenters.